The summed E-state index contributed by atoms with van der Waals surface area (Å²) in [5, 5.41) is 7.56. The SMILES string of the molecule is CCCCN(CCCC)Cc1ccc(C(=N)N)c(OC)c1. The molecule has 1 rings (SSSR count). The van der Waals surface area contributed by atoms with Gasteiger partial charge in [-0.15, -0.1) is 0 Å². The Morgan fingerprint density at radius 1 is 1.19 bits per heavy atom. The molecule has 0 heterocycles. The van der Waals surface area contributed by atoms with Crippen molar-refractivity contribution in [3.8, 4) is 5.75 Å². The van der Waals surface area contributed by atoms with Crippen LogP contribution in [0.1, 0.15) is 50.7 Å². The van der Waals surface area contributed by atoms with Gasteiger partial charge in [-0.2, -0.15) is 0 Å². The Morgan fingerprint density at radius 2 is 1.81 bits per heavy atom. The van der Waals surface area contributed by atoms with Crippen LogP contribution < -0.4 is 10.5 Å². The maximum Gasteiger partial charge on any atom is 0.130 e. The number of nitrogens with two attached hydrogens (primary N) is 1. The number of benzene rings is 1. The molecule has 21 heavy (non-hydrogen) atoms. The molecule has 3 N–H and O–H groups in total. The van der Waals surface area contributed by atoms with Crippen LogP contribution in [-0.4, -0.2) is 30.9 Å². The second-order valence-corrected chi connectivity index (χ2v) is 5.43. The normalized spacial score (nSPS) is 10.9. The molecular formula is C17H29N3O. The summed E-state index contributed by atoms with van der Waals surface area (Å²) < 4.78 is 5.35. The van der Waals surface area contributed by atoms with Gasteiger partial charge in [-0.3, -0.25) is 10.3 Å². The summed E-state index contributed by atoms with van der Waals surface area (Å²) in [6.07, 6.45) is 4.89. The molecule has 0 aromatic heterocycles. The largest absolute Gasteiger partial charge is 0.496 e. The number of rotatable bonds is 10. The van der Waals surface area contributed by atoms with E-state index in [0.717, 1.165) is 19.6 Å². The third kappa shape index (κ3) is 5.76. The summed E-state index contributed by atoms with van der Waals surface area (Å²) in [6, 6.07) is 5.93. The van der Waals surface area contributed by atoms with E-state index >= 15 is 0 Å². The van der Waals surface area contributed by atoms with Crippen LogP contribution in [0.3, 0.4) is 0 Å². The van der Waals surface area contributed by atoms with Crippen LogP contribution in [0.5, 0.6) is 5.75 Å². The predicted octanol–water partition coefficient (Wildman–Crippen LogP) is 3.38. The maximum atomic E-state index is 7.56. The van der Waals surface area contributed by atoms with Gasteiger partial charge in [0.1, 0.15) is 11.6 Å². The first-order valence-corrected chi connectivity index (χ1v) is 7.86. The predicted molar refractivity (Wildman–Crippen MR) is 89.1 cm³/mol. The van der Waals surface area contributed by atoms with Gasteiger partial charge in [0.2, 0.25) is 0 Å². The Hall–Kier alpha value is -1.55. The van der Waals surface area contributed by atoms with Crippen molar-refractivity contribution in [1.82, 2.24) is 4.90 Å². The van der Waals surface area contributed by atoms with E-state index in [1.54, 1.807) is 7.11 Å². The number of unbranched alkanes of at least 4 members (excludes halogenated alkanes) is 2. The average molecular weight is 291 g/mol. The minimum atomic E-state index is 0.0484. The van der Waals surface area contributed by atoms with Crippen molar-refractivity contribution in [3.05, 3.63) is 29.3 Å². The molecule has 0 bridgehead atoms. The zero-order chi connectivity index (χ0) is 15.7. The number of nitrogens with zero attached hydrogens (tertiary/aromatic N) is 1. The highest BCUT2D eigenvalue weighted by atomic mass is 16.5. The lowest BCUT2D eigenvalue weighted by Gasteiger charge is -2.22. The van der Waals surface area contributed by atoms with Gasteiger partial charge < -0.3 is 10.5 Å². The number of hydrogen-bond acceptors (Lipinski definition) is 3. The fraction of sp³-hybridized carbons (Fsp3) is 0.588. The molecule has 0 radical (unpaired) electrons. The second kappa shape index (κ2) is 9.40. The highest BCUT2D eigenvalue weighted by molar-refractivity contribution is 5.97. The average Bonchev–Trinajstić information content (AvgIpc) is 2.49. The standard InChI is InChI=1S/C17H29N3O/c1-4-6-10-20(11-7-5-2)13-14-8-9-15(17(18)19)16(12-14)21-3/h8-9,12H,4-7,10-11,13H2,1-3H3,(H3,18,19). The number of amidine groups is 1. The van der Waals surface area contributed by atoms with Gasteiger partial charge in [0.05, 0.1) is 12.7 Å². The highest BCUT2D eigenvalue weighted by Crippen LogP contribution is 2.21. The van der Waals surface area contributed by atoms with E-state index in [4.69, 9.17) is 15.9 Å². The van der Waals surface area contributed by atoms with Crippen molar-refractivity contribution in [3.63, 3.8) is 0 Å². The first-order valence-electron chi connectivity index (χ1n) is 7.86. The van der Waals surface area contributed by atoms with E-state index in [1.807, 2.05) is 18.2 Å². The molecule has 0 saturated carbocycles. The minimum Gasteiger partial charge on any atom is -0.496 e. The van der Waals surface area contributed by atoms with Gasteiger partial charge in [0, 0.05) is 6.54 Å². The number of ether oxygens (including phenoxy) is 1. The van der Waals surface area contributed by atoms with Gasteiger partial charge in [0.25, 0.3) is 0 Å². The summed E-state index contributed by atoms with van der Waals surface area (Å²) >= 11 is 0. The van der Waals surface area contributed by atoms with E-state index in [0.29, 0.717) is 11.3 Å². The van der Waals surface area contributed by atoms with Crippen molar-refractivity contribution in [1.29, 1.82) is 5.41 Å². The van der Waals surface area contributed by atoms with E-state index < -0.39 is 0 Å². The first-order chi connectivity index (χ1) is 10.1. The Kier molecular flexibility index (Phi) is 7.83. The van der Waals surface area contributed by atoms with Crippen LogP contribution in [0, 0.1) is 5.41 Å². The summed E-state index contributed by atoms with van der Waals surface area (Å²) in [6.45, 7) is 7.64. The molecule has 4 nitrogen and oxygen atoms in total. The van der Waals surface area contributed by atoms with Gasteiger partial charge in [-0.1, -0.05) is 32.8 Å². The fourth-order valence-corrected chi connectivity index (χ4v) is 2.35. The van der Waals surface area contributed by atoms with Crippen molar-refractivity contribution in [2.24, 2.45) is 5.73 Å². The zero-order valence-corrected chi connectivity index (χ0v) is 13.6. The van der Waals surface area contributed by atoms with Crippen molar-refractivity contribution in [2.75, 3.05) is 20.2 Å². The van der Waals surface area contributed by atoms with Crippen LogP contribution >= 0.6 is 0 Å². The maximum absolute atomic E-state index is 7.56. The van der Waals surface area contributed by atoms with Crippen molar-refractivity contribution in [2.45, 2.75) is 46.1 Å². The Labute approximate surface area is 128 Å². The lowest BCUT2D eigenvalue weighted by molar-refractivity contribution is 0.256. The summed E-state index contributed by atoms with van der Waals surface area (Å²) in [7, 11) is 1.62. The molecule has 1 aromatic rings. The molecule has 0 unspecified atom stereocenters. The Morgan fingerprint density at radius 3 is 2.29 bits per heavy atom. The van der Waals surface area contributed by atoms with Gasteiger partial charge >= 0.3 is 0 Å². The zero-order valence-electron chi connectivity index (χ0n) is 13.6. The summed E-state index contributed by atoms with van der Waals surface area (Å²) in [5.74, 6) is 0.734. The summed E-state index contributed by atoms with van der Waals surface area (Å²) in [4.78, 5) is 2.50. The van der Waals surface area contributed by atoms with Crippen molar-refractivity contribution < 1.29 is 4.74 Å². The topological polar surface area (TPSA) is 62.3 Å². The van der Waals surface area contributed by atoms with Gasteiger partial charge in [-0.25, -0.2) is 0 Å². The molecule has 0 atom stereocenters. The third-order valence-electron chi connectivity index (χ3n) is 3.62. The molecule has 1 aromatic carbocycles. The fourth-order valence-electron chi connectivity index (χ4n) is 2.35. The number of hydrogen-bond donors (Lipinski definition) is 2. The molecule has 4 heteroatoms. The lowest BCUT2D eigenvalue weighted by atomic mass is 10.1. The molecule has 0 spiro atoms. The van der Waals surface area contributed by atoms with Crippen LogP contribution in [0.4, 0.5) is 0 Å². The van der Waals surface area contributed by atoms with Gasteiger partial charge in [0.15, 0.2) is 0 Å². The molecular weight excluding hydrogens is 262 g/mol. The Balaban J connectivity index is 2.79. The number of nitrogen functional groups attached to an aromatic ring is 1. The monoisotopic (exact) mass is 291 g/mol. The highest BCUT2D eigenvalue weighted by Gasteiger charge is 2.10. The van der Waals surface area contributed by atoms with E-state index in [2.05, 4.69) is 18.7 Å². The smallest absolute Gasteiger partial charge is 0.130 e. The molecule has 0 amide bonds. The summed E-state index contributed by atoms with van der Waals surface area (Å²) in [5.41, 5.74) is 7.44. The quantitative estimate of drug-likeness (QED) is 0.513. The van der Waals surface area contributed by atoms with E-state index in [-0.39, 0.29) is 5.84 Å². The molecule has 0 fully saturated rings. The number of nitrogens with one attached hydrogen (secondary N) is 1. The lowest BCUT2D eigenvalue weighted by Crippen LogP contribution is -2.25. The van der Waals surface area contributed by atoms with E-state index in [9.17, 15) is 0 Å². The molecule has 0 aliphatic rings. The molecule has 118 valence electrons. The van der Waals surface area contributed by atoms with Crippen molar-refractivity contribution >= 4 is 5.84 Å². The van der Waals surface area contributed by atoms with Crippen LogP contribution in [0.25, 0.3) is 0 Å². The molecule has 0 aliphatic carbocycles. The Bertz CT molecular complexity index is 438. The van der Waals surface area contributed by atoms with Crippen LogP contribution in [-0.2, 0) is 6.54 Å². The molecule has 0 aliphatic heterocycles. The third-order valence-corrected chi connectivity index (χ3v) is 3.62. The first kappa shape index (κ1) is 17.5. The number of methoxy groups -OCH3 is 1. The minimum absolute atomic E-state index is 0.0484. The second-order valence-electron chi connectivity index (χ2n) is 5.43. The van der Waals surface area contributed by atoms with Crippen LogP contribution in [0.15, 0.2) is 18.2 Å². The van der Waals surface area contributed by atoms with Crippen LogP contribution in [0.2, 0.25) is 0 Å². The van der Waals surface area contributed by atoms with E-state index in [1.165, 1.54) is 31.2 Å². The molecule has 0 saturated heterocycles. The van der Waals surface area contributed by atoms with Gasteiger partial charge in [-0.05, 0) is 43.6 Å².